The minimum absolute atomic E-state index is 0. The van der Waals surface area contributed by atoms with E-state index in [-0.39, 0.29) is 24.9 Å². The number of rotatable bonds is 10. The molecule has 0 saturated carbocycles. The number of hydrogen-bond acceptors (Lipinski definition) is 5. The molecule has 0 atom stereocenters. The van der Waals surface area contributed by atoms with Crippen LogP contribution in [0.1, 0.15) is 15.9 Å². The molecule has 2 amide bonds. The number of nitrogens with zero attached hydrogens (tertiary/aromatic N) is 1. The third-order valence-electron chi connectivity index (χ3n) is 3.98. The van der Waals surface area contributed by atoms with E-state index in [1.165, 1.54) is 7.11 Å². The van der Waals surface area contributed by atoms with Crippen LogP contribution in [-0.4, -0.2) is 50.1 Å². The maximum atomic E-state index is 12.9. The monoisotopic (exact) mass is 407 g/mol. The van der Waals surface area contributed by atoms with E-state index in [1.54, 1.807) is 23.1 Å². The van der Waals surface area contributed by atoms with E-state index in [4.69, 9.17) is 20.9 Å². The van der Waals surface area contributed by atoms with Gasteiger partial charge < -0.3 is 25.8 Å². The lowest BCUT2D eigenvalue weighted by Gasteiger charge is -2.22. The summed E-state index contributed by atoms with van der Waals surface area (Å²) in [5, 5.41) is 0. The molecule has 0 radical (unpaired) electrons. The van der Waals surface area contributed by atoms with E-state index < -0.39 is 5.91 Å². The lowest BCUT2D eigenvalue weighted by molar-refractivity contribution is -0.119. The van der Waals surface area contributed by atoms with Crippen molar-refractivity contribution >= 4 is 24.2 Å². The predicted octanol–water partition coefficient (Wildman–Crippen LogP) is 1.62. The molecule has 0 unspecified atom stereocenters. The molecular formula is C20H26ClN3O4. The van der Waals surface area contributed by atoms with Crippen LogP contribution in [0.25, 0.3) is 0 Å². The van der Waals surface area contributed by atoms with Crippen molar-refractivity contribution in [2.24, 2.45) is 11.5 Å². The highest BCUT2D eigenvalue weighted by Crippen LogP contribution is 2.28. The highest BCUT2D eigenvalue weighted by atomic mass is 35.5. The summed E-state index contributed by atoms with van der Waals surface area (Å²) < 4.78 is 10.6. The van der Waals surface area contributed by atoms with Crippen molar-refractivity contribution in [1.29, 1.82) is 0 Å². The molecule has 0 fully saturated rings. The summed E-state index contributed by atoms with van der Waals surface area (Å²) in [6, 6.07) is 14.8. The molecule has 0 aliphatic heterocycles. The molecule has 152 valence electrons. The number of primary amides is 1. The molecule has 0 heterocycles. The molecule has 0 spiro atoms. The number of nitrogens with two attached hydrogens (primary N) is 2. The number of methoxy groups -OCH3 is 1. The molecule has 7 nitrogen and oxygen atoms in total. The van der Waals surface area contributed by atoms with Crippen LogP contribution in [0.4, 0.5) is 0 Å². The highest BCUT2D eigenvalue weighted by molar-refractivity contribution is 5.95. The molecule has 2 aromatic carbocycles. The van der Waals surface area contributed by atoms with E-state index in [2.05, 4.69) is 0 Å². The molecule has 2 rings (SSSR count). The molecule has 8 heteroatoms. The van der Waals surface area contributed by atoms with Crippen LogP contribution in [0.3, 0.4) is 0 Å². The van der Waals surface area contributed by atoms with Crippen molar-refractivity contribution < 1.29 is 19.1 Å². The van der Waals surface area contributed by atoms with E-state index >= 15 is 0 Å². The molecule has 0 aliphatic rings. The van der Waals surface area contributed by atoms with Crippen molar-refractivity contribution in [2.45, 2.75) is 6.42 Å². The minimum Gasteiger partial charge on any atom is -0.493 e. The minimum atomic E-state index is -0.591. The Labute approximate surface area is 171 Å². The summed E-state index contributed by atoms with van der Waals surface area (Å²) in [6.07, 6.45) is 0.740. The maximum Gasteiger partial charge on any atom is 0.255 e. The summed E-state index contributed by atoms with van der Waals surface area (Å²) in [7, 11) is 1.47. The summed E-state index contributed by atoms with van der Waals surface area (Å²) in [4.78, 5) is 25.5. The Morgan fingerprint density at radius 1 is 1.04 bits per heavy atom. The number of halogens is 1. The normalized spacial score (nSPS) is 9.93. The van der Waals surface area contributed by atoms with Crippen LogP contribution in [0.5, 0.6) is 11.5 Å². The van der Waals surface area contributed by atoms with Gasteiger partial charge in [0.15, 0.2) is 18.1 Å². The SMILES string of the molecule is COc1cc(C(=O)N(CCN)CCc2ccccc2)ccc1OCC(N)=O.Cl. The van der Waals surface area contributed by atoms with Gasteiger partial charge in [-0.3, -0.25) is 9.59 Å². The van der Waals surface area contributed by atoms with Gasteiger partial charge >= 0.3 is 0 Å². The summed E-state index contributed by atoms with van der Waals surface area (Å²) >= 11 is 0. The van der Waals surface area contributed by atoms with Crippen LogP contribution in [0.15, 0.2) is 48.5 Å². The Bertz CT molecular complexity index is 771. The van der Waals surface area contributed by atoms with Gasteiger partial charge in [0.25, 0.3) is 11.8 Å². The quantitative estimate of drug-likeness (QED) is 0.622. The Kier molecular flexibility index (Phi) is 9.84. The van der Waals surface area contributed by atoms with Crippen molar-refractivity contribution in [3.63, 3.8) is 0 Å². The molecule has 0 aromatic heterocycles. The van der Waals surface area contributed by atoms with Crippen LogP contribution in [0, 0.1) is 0 Å². The molecule has 0 saturated heterocycles. The number of benzene rings is 2. The van der Waals surface area contributed by atoms with Crippen LogP contribution < -0.4 is 20.9 Å². The average Bonchev–Trinajstić information content (AvgIpc) is 2.69. The number of ether oxygens (including phenoxy) is 2. The van der Waals surface area contributed by atoms with Crippen molar-refractivity contribution in [3.8, 4) is 11.5 Å². The van der Waals surface area contributed by atoms with Crippen molar-refractivity contribution in [3.05, 3.63) is 59.7 Å². The third-order valence-corrected chi connectivity index (χ3v) is 3.98. The predicted molar refractivity (Wildman–Crippen MR) is 110 cm³/mol. The number of carbonyl (C=O) groups excluding carboxylic acids is 2. The molecule has 4 N–H and O–H groups in total. The molecule has 28 heavy (non-hydrogen) atoms. The van der Waals surface area contributed by atoms with E-state index in [9.17, 15) is 9.59 Å². The zero-order chi connectivity index (χ0) is 19.6. The van der Waals surface area contributed by atoms with Crippen molar-refractivity contribution in [1.82, 2.24) is 4.90 Å². The third kappa shape index (κ3) is 6.75. The first-order valence-electron chi connectivity index (χ1n) is 8.67. The Hall–Kier alpha value is -2.77. The first kappa shape index (κ1) is 23.3. The van der Waals surface area contributed by atoms with Gasteiger partial charge in [-0.1, -0.05) is 30.3 Å². The van der Waals surface area contributed by atoms with Gasteiger partial charge in [-0.05, 0) is 30.2 Å². The second-order valence-electron chi connectivity index (χ2n) is 5.94. The van der Waals surface area contributed by atoms with Gasteiger partial charge in [0.1, 0.15) is 0 Å². The van der Waals surface area contributed by atoms with E-state index in [0.29, 0.717) is 36.7 Å². The molecule has 0 aliphatic carbocycles. The van der Waals surface area contributed by atoms with Crippen molar-refractivity contribution in [2.75, 3.05) is 33.4 Å². The Morgan fingerprint density at radius 2 is 1.75 bits per heavy atom. The van der Waals surface area contributed by atoms with E-state index in [1.807, 2.05) is 30.3 Å². The van der Waals surface area contributed by atoms with Gasteiger partial charge in [-0.2, -0.15) is 0 Å². The first-order valence-corrected chi connectivity index (χ1v) is 8.67. The molecule has 0 bridgehead atoms. The standard InChI is InChI=1S/C20H25N3O4.ClH/c1-26-18-13-16(7-8-17(18)27-14-19(22)24)20(25)23(12-10-21)11-9-15-5-3-2-4-6-15;/h2-8,13H,9-12,14,21H2,1H3,(H2,22,24);1H. The smallest absolute Gasteiger partial charge is 0.255 e. The van der Waals surface area contributed by atoms with E-state index in [0.717, 1.165) is 12.0 Å². The van der Waals surface area contributed by atoms with Gasteiger partial charge in [-0.25, -0.2) is 0 Å². The second kappa shape index (κ2) is 11.8. The summed E-state index contributed by atoms with van der Waals surface area (Å²) in [6.45, 7) is 1.12. The number of amides is 2. The zero-order valence-corrected chi connectivity index (χ0v) is 16.6. The lowest BCUT2D eigenvalue weighted by atomic mass is 10.1. The Balaban J connectivity index is 0.00000392. The fraction of sp³-hybridized carbons (Fsp3) is 0.300. The van der Waals surface area contributed by atoms with Gasteiger partial charge in [0.2, 0.25) is 0 Å². The zero-order valence-electron chi connectivity index (χ0n) is 15.8. The largest absolute Gasteiger partial charge is 0.493 e. The van der Waals surface area contributed by atoms with Gasteiger partial charge in [-0.15, -0.1) is 12.4 Å². The molecular weight excluding hydrogens is 382 g/mol. The van der Waals surface area contributed by atoms with Crippen LogP contribution in [-0.2, 0) is 11.2 Å². The van der Waals surface area contributed by atoms with Crippen LogP contribution in [0.2, 0.25) is 0 Å². The average molecular weight is 408 g/mol. The number of carbonyl (C=O) groups is 2. The van der Waals surface area contributed by atoms with Crippen LogP contribution >= 0.6 is 12.4 Å². The lowest BCUT2D eigenvalue weighted by Crippen LogP contribution is -2.37. The molecule has 2 aromatic rings. The number of hydrogen-bond donors (Lipinski definition) is 2. The second-order valence-corrected chi connectivity index (χ2v) is 5.94. The van der Waals surface area contributed by atoms with Gasteiger partial charge in [0.05, 0.1) is 7.11 Å². The summed E-state index contributed by atoms with van der Waals surface area (Å²) in [5.74, 6) is -0.0243. The summed E-state index contributed by atoms with van der Waals surface area (Å²) in [5.41, 5.74) is 12.4. The maximum absolute atomic E-state index is 12.9. The fourth-order valence-corrected chi connectivity index (χ4v) is 2.63. The topological polar surface area (TPSA) is 108 Å². The first-order chi connectivity index (χ1) is 13.0. The fourth-order valence-electron chi connectivity index (χ4n) is 2.63. The highest BCUT2D eigenvalue weighted by Gasteiger charge is 2.17. The van der Waals surface area contributed by atoms with Gasteiger partial charge in [0, 0.05) is 25.2 Å². The Morgan fingerprint density at radius 3 is 2.36 bits per heavy atom.